The average Bonchev–Trinajstić information content (AvgIpc) is 2.41. The number of hydrogen-bond acceptors (Lipinski definition) is 3. The Kier molecular flexibility index (Phi) is 2.69. The molecule has 0 aromatic carbocycles. The summed E-state index contributed by atoms with van der Waals surface area (Å²) < 4.78 is 0. The minimum atomic E-state index is -0.318. The van der Waals surface area contributed by atoms with Gasteiger partial charge in [0.25, 0.3) is 5.91 Å². The van der Waals surface area contributed by atoms with Crippen LogP contribution in [0, 0.1) is 0 Å². The maximum Gasteiger partial charge on any atom is 0.250 e. The van der Waals surface area contributed by atoms with Crippen molar-refractivity contribution in [2.24, 2.45) is 5.73 Å². The van der Waals surface area contributed by atoms with Crippen molar-refractivity contribution in [3.63, 3.8) is 0 Å². The van der Waals surface area contributed by atoms with Crippen molar-refractivity contribution < 1.29 is 4.79 Å². The molecule has 1 amide bonds. The molecular formula is C7H9ClN2OS. The predicted molar refractivity (Wildman–Crippen MR) is 51.8 cm³/mol. The lowest BCUT2D eigenvalue weighted by Crippen LogP contribution is -2.18. The van der Waals surface area contributed by atoms with E-state index in [-0.39, 0.29) is 18.3 Å². The topological polar surface area (TPSA) is 46.3 Å². The Bertz CT molecular complexity index is 275. The molecule has 0 unspecified atom stereocenters. The fourth-order valence-electron chi connectivity index (χ4n) is 1.27. The number of carbonyl (C=O) groups is 1. The van der Waals surface area contributed by atoms with Crippen LogP contribution < -0.4 is 5.73 Å². The van der Waals surface area contributed by atoms with Gasteiger partial charge in [0.15, 0.2) is 0 Å². The van der Waals surface area contributed by atoms with Crippen LogP contribution in [0.3, 0.4) is 0 Å². The van der Waals surface area contributed by atoms with Crippen LogP contribution in [-0.2, 0) is 4.79 Å². The second-order valence-electron chi connectivity index (χ2n) is 2.50. The highest BCUT2D eigenvalue weighted by atomic mass is 35.5. The molecule has 0 aromatic heterocycles. The highest BCUT2D eigenvalue weighted by molar-refractivity contribution is 8.02. The molecule has 2 aliphatic heterocycles. The van der Waals surface area contributed by atoms with E-state index in [4.69, 9.17) is 5.73 Å². The van der Waals surface area contributed by atoms with E-state index in [1.807, 2.05) is 11.5 Å². The zero-order chi connectivity index (χ0) is 7.84. The predicted octanol–water partition coefficient (Wildman–Crippen LogP) is 0.681. The maximum atomic E-state index is 10.8. The molecule has 66 valence electrons. The monoisotopic (exact) mass is 204 g/mol. The summed E-state index contributed by atoms with van der Waals surface area (Å²) in [6.45, 7) is 0.830. The van der Waals surface area contributed by atoms with Gasteiger partial charge >= 0.3 is 0 Å². The van der Waals surface area contributed by atoms with E-state index >= 15 is 0 Å². The van der Waals surface area contributed by atoms with Crippen LogP contribution in [0.25, 0.3) is 0 Å². The van der Waals surface area contributed by atoms with Crippen molar-refractivity contribution in [1.29, 1.82) is 0 Å². The minimum absolute atomic E-state index is 0. The van der Waals surface area contributed by atoms with Crippen LogP contribution in [0.15, 0.2) is 22.8 Å². The fourth-order valence-corrected chi connectivity index (χ4v) is 2.20. The molecule has 2 rings (SSSR count). The van der Waals surface area contributed by atoms with Gasteiger partial charge in [-0.2, -0.15) is 0 Å². The van der Waals surface area contributed by atoms with E-state index < -0.39 is 0 Å². The van der Waals surface area contributed by atoms with Gasteiger partial charge in [-0.3, -0.25) is 4.79 Å². The SMILES string of the molecule is Cl.NC(=O)C1=CCN2CSC=C12. The third kappa shape index (κ3) is 1.32. The van der Waals surface area contributed by atoms with Gasteiger partial charge in [-0.15, -0.1) is 24.2 Å². The third-order valence-corrected chi connectivity index (χ3v) is 2.67. The molecule has 0 radical (unpaired) electrons. The van der Waals surface area contributed by atoms with Crippen LogP contribution in [0.4, 0.5) is 0 Å². The first-order valence-electron chi connectivity index (χ1n) is 3.36. The van der Waals surface area contributed by atoms with Gasteiger partial charge in [-0.05, 0) is 5.41 Å². The van der Waals surface area contributed by atoms with Crippen molar-refractivity contribution in [2.75, 3.05) is 12.4 Å². The summed E-state index contributed by atoms with van der Waals surface area (Å²) in [7, 11) is 0. The zero-order valence-corrected chi connectivity index (χ0v) is 7.95. The standard InChI is InChI=1S/C7H8N2OS.ClH/c8-7(10)5-1-2-9-4-11-3-6(5)9;/h1,3H,2,4H2,(H2,8,10);1H. The van der Waals surface area contributed by atoms with Crippen molar-refractivity contribution in [3.8, 4) is 0 Å². The number of nitrogens with two attached hydrogens (primary N) is 1. The highest BCUT2D eigenvalue weighted by Gasteiger charge is 2.26. The van der Waals surface area contributed by atoms with E-state index in [0.717, 1.165) is 18.1 Å². The summed E-state index contributed by atoms with van der Waals surface area (Å²) >= 11 is 1.70. The van der Waals surface area contributed by atoms with Gasteiger partial charge in [-0.1, -0.05) is 6.08 Å². The summed E-state index contributed by atoms with van der Waals surface area (Å²) in [6.07, 6.45) is 1.88. The van der Waals surface area contributed by atoms with E-state index in [0.29, 0.717) is 5.57 Å². The lowest BCUT2D eigenvalue weighted by molar-refractivity contribution is -0.114. The Hall–Kier alpha value is -0.610. The number of nitrogens with zero attached hydrogens (tertiary/aromatic N) is 1. The second kappa shape index (κ2) is 3.41. The molecule has 0 fully saturated rings. The van der Waals surface area contributed by atoms with Gasteiger partial charge in [-0.25, -0.2) is 0 Å². The number of thioether (sulfide) groups is 1. The zero-order valence-electron chi connectivity index (χ0n) is 6.32. The molecule has 12 heavy (non-hydrogen) atoms. The second-order valence-corrected chi connectivity index (χ2v) is 3.33. The third-order valence-electron chi connectivity index (χ3n) is 1.82. The molecule has 2 aliphatic rings. The number of carbonyl (C=O) groups excluding carboxylic acids is 1. The smallest absolute Gasteiger partial charge is 0.250 e. The largest absolute Gasteiger partial charge is 0.366 e. The Morgan fingerprint density at radius 2 is 2.42 bits per heavy atom. The van der Waals surface area contributed by atoms with Crippen molar-refractivity contribution in [3.05, 3.63) is 22.8 Å². The van der Waals surface area contributed by atoms with Crippen molar-refractivity contribution in [1.82, 2.24) is 4.90 Å². The molecule has 3 nitrogen and oxygen atoms in total. The Morgan fingerprint density at radius 3 is 3.08 bits per heavy atom. The number of rotatable bonds is 1. The summed E-state index contributed by atoms with van der Waals surface area (Å²) in [4.78, 5) is 13.0. The quantitative estimate of drug-likeness (QED) is 0.684. The Morgan fingerprint density at radius 1 is 1.67 bits per heavy atom. The molecule has 2 N–H and O–H groups in total. The van der Waals surface area contributed by atoms with Gasteiger partial charge in [0.1, 0.15) is 0 Å². The Labute approximate surface area is 81.1 Å². The van der Waals surface area contributed by atoms with Crippen molar-refractivity contribution >= 4 is 30.1 Å². The van der Waals surface area contributed by atoms with E-state index in [9.17, 15) is 4.79 Å². The first-order valence-corrected chi connectivity index (χ1v) is 4.41. The normalized spacial score (nSPS) is 19.5. The van der Waals surface area contributed by atoms with Gasteiger partial charge in [0, 0.05) is 6.54 Å². The molecular weight excluding hydrogens is 196 g/mol. The molecule has 0 saturated heterocycles. The van der Waals surface area contributed by atoms with E-state index in [2.05, 4.69) is 4.90 Å². The lowest BCUT2D eigenvalue weighted by Gasteiger charge is -2.11. The molecule has 5 heteroatoms. The number of halogens is 1. The minimum Gasteiger partial charge on any atom is -0.366 e. The maximum absolute atomic E-state index is 10.8. The summed E-state index contributed by atoms with van der Waals surface area (Å²) in [5.74, 6) is 0.629. The van der Waals surface area contributed by atoms with E-state index in [1.165, 1.54) is 0 Å². The molecule has 0 saturated carbocycles. The first-order chi connectivity index (χ1) is 5.29. The van der Waals surface area contributed by atoms with Crippen LogP contribution in [0.5, 0.6) is 0 Å². The first kappa shape index (κ1) is 9.48. The average molecular weight is 205 g/mol. The van der Waals surface area contributed by atoms with Gasteiger partial charge < -0.3 is 10.6 Å². The molecule has 0 bridgehead atoms. The number of hydrogen-bond donors (Lipinski definition) is 1. The number of primary amides is 1. The lowest BCUT2D eigenvalue weighted by atomic mass is 10.2. The fraction of sp³-hybridized carbons (Fsp3) is 0.286. The molecule has 0 aromatic rings. The van der Waals surface area contributed by atoms with E-state index in [1.54, 1.807) is 11.8 Å². The summed E-state index contributed by atoms with van der Waals surface area (Å²) in [5, 5.41) is 1.99. The molecule has 0 aliphatic carbocycles. The summed E-state index contributed by atoms with van der Waals surface area (Å²) in [6, 6.07) is 0. The van der Waals surface area contributed by atoms with Crippen molar-refractivity contribution in [2.45, 2.75) is 0 Å². The Balaban J connectivity index is 0.000000720. The number of fused-ring (bicyclic) bond motifs is 1. The highest BCUT2D eigenvalue weighted by Crippen LogP contribution is 2.32. The molecule has 0 spiro atoms. The molecule has 2 heterocycles. The van der Waals surface area contributed by atoms with Gasteiger partial charge in [0.05, 0.1) is 17.1 Å². The van der Waals surface area contributed by atoms with Crippen LogP contribution in [0.1, 0.15) is 0 Å². The van der Waals surface area contributed by atoms with Crippen LogP contribution in [-0.4, -0.2) is 23.2 Å². The molecule has 0 atom stereocenters. The van der Waals surface area contributed by atoms with Crippen LogP contribution in [0.2, 0.25) is 0 Å². The summed E-state index contributed by atoms with van der Waals surface area (Å²) in [5.41, 5.74) is 6.85. The van der Waals surface area contributed by atoms with Crippen LogP contribution >= 0.6 is 24.2 Å². The number of amides is 1. The van der Waals surface area contributed by atoms with Gasteiger partial charge in [0.2, 0.25) is 0 Å².